The number of thiophene rings is 1. The number of hydrogen-bond donors (Lipinski definition) is 3. The van der Waals surface area contributed by atoms with E-state index in [4.69, 9.17) is 0 Å². The molecule has 3 atom stereocenters. The Morgan fingerprint density at radius 1 is 1.59 bits per heavy atom. The maximum atomic E-state index is 12.0. The van der Waals surface area contributed by atoms with Gasteiger partial charge in [-0.25, -0.2) is 0 Å². The van der Waals surface area contributed by atoms with Crippen molar-refractivity contribution in [2.45, 2.75) is 32.4 Å². The number of carbonyl (C=O) groups is 1. The van der Waals surface area contributed by atoms with Gasteiger partial charge >= 0.3 is 0 Å². The average molecular weight is 254 g/mol. The maximum absolute atomic E-state index is 12.0. The van der Waals surface area contributed by atoms with Crippen LogP contribution in [0.25, 0.3) is 0 Å². The van der Waals surface area contributed by atoms with Crippen molar-refractivity contribution in [1.82, 2.24) is 10.6 Å². The van der Waals surface area contributed by atoms with Gasteiger partial charge in [0.15, 0.2) is 0 Å². The summed E-state index contributed by atoms with van der Waals surface area (Å²) in [6.45, 7) is 5.26. The monoisotopic (exact) mass is 254 g/mol. The second kappa shape index (κ2) is 5.06. The highest BCUT2D eigenvalue weighted by molar-refractivity contribution is 7.12. The van der Waals surface area contributed by atoms with Crippen LogP contribution in [-0.2, 0) is 0 Å². The molecule has 1 saturated heterocycles. The lowest BCUT2D eigenvalue weighted by Crippen LogP contribution is -2.55. The zero-order valence-electron chi connectivity index (χ0n) is 10.1. The molecule has 1 fully saturated rings. The fourth-order valence-electron chi connectivity index (χ4n) is 2.27. The van der Waals surface area contributed by atoms with Crippen LogP contribution in [0, 0.1) is 5.92 Å². The summed E-state index contributed by atoms with van der Waals surface area (Å²) in [6.07, 6.45) is 1.07. The zero-order valence-corrected chi connectivity index (χ0v) is 10.9. The maximum Gasteiger partial charge on any atom is 0.261 e. The molecule has 0 bridgehead atoms. The minimum atomic E-state index is -0.0947. The Bertz CT molecular complexity index is 395. The number of rotatable bonds is 2. The van der Waals surface area contributed by atoms with Gasteiger partial charge in [0.25, 0.3) is 5.91 Å². The molecule has 2 rings (SSSR count). The predicted octanol–water partition coefficient (Wildman–Crippen LogP) is 1.57. The summed E-state index contributed by atoms with van der Waals surface area (Å²) in [4.78, 5) is 12.5. The highest BCUT2D eigenvalue weighted by Gasteiger charge is 2.29. The summed E-state index contributed by atoms with van der Waals surface area (Å²) in [5.74, 6) is 0.537. The average Bonchev–Trinajstić information content (AvgIpc) is 2.70. The van der Waals surface area contributed by atoms with Gasteiger partial charge in [-0.15, -0.1) is 11.3 Å². The lowest BCUT2D eigenvalue weighted by molar-refractivity contribution is 0.0901. The zero-order chi connectivity index (χ0) is 12.4. The molecule has 0 unspecified atom stereocenters. The minimum absolute atomic E-state index is 0.0947. The standard InChI is InChI=1S/C12H18N2O2S/c1-7-3-4-13-8(2)11(7)14-12(16)10-5-9(15)6-17-10/h5-8,11,13,15H,3-4H2,1-2H3,(H,14,16)/t7-,8+,11+/m1/s1. The molecule has 0 spiro atoms. The third-order valence-electron chi connectivity index (χ3n) is 3.32. The van der Waals surface area contributed by atoms with Crippen LogP contribution >= 0.6 is 11.3 Å². The summed E-state index contributed by atoms with van der Waals surface area (Å²) >= 11 is 1.27. The van der Waals surface area contributed by atoms with Crippen LogP contribution in [0.1, 0.15) is 29.9 Å². The van der Waals surface area contributed by atoms with Gasteiger partial charge in [0.1, 0.15) is 5.75 Å². The third kappa shape index (κ3) is 2.79. The number of aromatic hydroxyl groups is 1. The van der Waals surface area contributed by atoms with Gasteiger partial charge in [-0.3, -0.25) is 4.79 Å². The molecule has 0 radical (unpaired) electrons. The van der Waals surface area contributed by atoms with Crippen molar-refractivity contribution < 1.29 is 9.90 Å². The van der Waals surface area contributed by atoms with Gasteiger partial charge in [0.2, 0.25) is 0 Å². The minimum Gasteiger partial charge on any atom is -0.507 e. The summed E-state index contributed by atoms with van der Waals surface area (Å²) < 4.78 is 0. The molecule has 0 aromatic carbocycles. The van der Waals surface area contributed by atoms with E-state index in [0.29, 0.717) is 10.8 Å². The molecular weight excluding hydrogens is 236 g/mol. The first-order valence-corrected chi connectivity index (χ1v) is 6.77. The Labute approximate surface area is 105 Å². The lowest BCUT2D eigenvalue weighted by atomic mass is 9.89. The molecule has 94 valence electrons. The van der Waals surface area contributed by atoms with Crippen molar-refractivity contribution in [3.05, 3.63) is 16.3 Å². The Morgan fingerprint density at radius 3 is 2.94 bits per heavy atom. The molecule has 1 aromatic heterocycles. The summed E-state index contributed by atoms with van der Waals surface area (Å²) in [7, 11) is 0. The number of piperidine rings is 1. The summed E-state index contributed by atoms with van der Waals surface area (Å²) in [6, 6.07) is 1.95. The largest absolute Gasteiger partial charge is 0.507 e. The molecule has 5 heteroatoms. The van der Waals surface area contributed by atoms with Crippen molar-refractivity contribution in [3.63, 3.8) is 0 Å². The first-order chi connectivity index (χ1) is 8.08. The molecule has 0 aliphatic carbocycles. The van der Waals surface area contributed by atoms with Gasteiger partial charge in [-0.05, 0) is 25.8 Å². The van der Waals surface area contributed by atoms with Crippen LogP contribution in [0.4, 0.5) is 0 Å². The van der Waals surface area contributed by atoms with E-state index in [1.54, 1.807) is 5.38 Å². The highest BCUT2D eigenvalue weighted by atomic mass is 32.1. The van der Waals surface area contributed by atoms with Crippen LogP contribution in [0.2, 0.25) is 0 Å². The van der Waals surface area contributed by atoms with Gasteiger partial charge in [-0.1, -0.05) is 6.92 Å². The fourth-order valence-corrected chi connectivity index (χ4v) is 2.94. The predicted molar refractivity (Wildman–Crippen MR) is 68.5 cm³/mol. The second-order valence-electron chi connectivity index (χ2n) is 4.68. The fraction of sp³-hybridized carbons (Fsp3) is 0.583. The van der Waals surface area contributed by atoms with E-state index < -0.39 is 0 Å². The first-order valence-electron chi connectivity index (χ1n) is 5.89. The van der Waals surface area contributed by atoms with Crippen molar-refractivity contribution >= 4 is 17.2 Å². The SMILES string of the molecule is C[C@@H]1CCN[C@@H](C)[C@H]1NC(=O)c1cc(O)cs1. The van der Waals surface area contributed by atoms with E-state index in [9.17, 15) is 9.90 Å². The van der Waals surface area contributed by atoms with E-state index in [1.165, 1.54) is 17.4 Å². The van der Waals surface area contributed by atoms with E-state index in [-0.39, 0.29) is 23.7 Å². The quantitative estimate of drug-likeness (QED) is 0.751. The van der Waals surface area contributed by atoms with E-state index >= 15 is 0 Å². The van der Waals surface area contributed by atoms with Gasteiger partial charge in [-0.2, -0.15) is 0 Å². The van der Waals surface area contributed by atoms with Gasteiger partial charge in [0, 0.05) is 23.5 Å². The van der Waals surface area contributed by atoms with Crippen molar-refractivity contribution in [2.24, 2.45) is 5.92 Å². The first kappa shape index (κ1) is 12.4. The van der Waals surface area contributed by atoms with Gasteiger partial charge < -0.3 is 15.7 Å². The molecule has 4 nitrogen and oxygen atoms in total. The van der Waals surface area contributed by atoms with Crippen LogP contribution < -0.4 is 10.6 Å². The van der Waals surface area contributed by atoms with Crippen molar-refractivity contribution in [1.29, 1.82) is 0 Å². The van der Waals surface area contributed by atoms with Crippen molar-refractivity contribution in [3.8, 4) is 5.75 Å². The van der Waals surface area contributed by atoms with Gasteiger partial charge in [0.05, 0.1) is 4.88 Å². The summed E-state index contributed by atoms with van der Waals surface area (Å²) in [5.41, 5.74) is 0. The lowest BCUT2D eigenvalue weighted by Gasteiger charge is -2.35. The highest BCUT2D eigenvalue weighted by Crippen LogP contribution is 2.21. The number of amides is 1. The van der Waals surface area contributed by atoms with E-state index in [2.05, 4.69) is 24.5 Å². The van der Waals surface area contributed by atoms with Crippen LogP contribution in [0.5, 0.6) is 5.75 Å². The number of nitrogens with one attached hydrogen (secondary N) is 2. The number of carbonyl (C=O) groups excluding carboxylic acids is 1. The molecule has 1 aromatic rings. The Kier molecular flexibility index (Phi) is 3.69. The topological polar surface area (TPSA) is 61.4 Å². The Morgan fingerprint density at radius 2 is 2.35 bits per heavy atom. The van der Waals surface area contributed by atoms with E-state index in [1.807, 2.05) is 0 Å². The Hall–Kier alpha value is -1.07. The second-order valence-corrected chi connectivity index (χ2v) is 5.59. The Balaban J connectivity index is 2.02. The smallest absolute Gasteiger partial charge is 0.261 e. The molecular formula is C12H18N2O2S. The molecule has 0 saturated carbocycles. The summed E-state index contributed by atoms with van der Waals surface area (Å²) in [5, 5.41) is 17.2. The molecule has 1 amide bonds. The van der Waals surface area contributed by atoms with Crippen LogP contribution in [-0.4, -0.2) is 29.6 Å². The van der Waals surface area contributed by atoms with Crippen LogP contribution in [0.15, 0.2) is 11.4 Å². The normalized spacial score (nSPS) is 28.9. The molecule has 17 heavy (non-hydrogen) atoms. The van der Waals surface area contributed by atoms with E-state index in [0.717, 1.165) is 13.0 Å². The third-order valence-corrected chi connectivity index (χ3v) is 4.24. The molecule has 2 heterocycles. The van der Waals surface area contributed by atoms with Crippen molar-refractivity contribution in [2.75, 3.05) is 6.54 Å². The molecule has 1 aliphatic heterocycles. The molecule has 3 N–H and O–H groups in total. The van der Waals surface area contributed by atoms with Crippen LogP contribution in [0.3, 0.4) is 0 Å². The number of hydrogen-bond acceptors (Lipinski definition) is 4. The molecule has 1 aliphatic rings.